The van der Waals surface area contributed by atoms with Crippen molar-refractivity contribution in [1.29, 1.82) is 0 Å². The molecule has 1 aliphatic rings. The summed E-state index contributed by atoms with van der Waals surface area (Å²) in [6, 6.07) is 4.14. The molecule has 0 aliphatic carbocycles. The predicted molar refractivity (Wildman–Crippen MR) is 79.5 cm³/mol. The molecule has 1 atom stereocenters. The summed E-state index contributed by atoms with van der Waals surface area (Å²) in [5.74, 6) is 1.20. The van der Waals surface area contributed by atoms with Crippen molar-refractivity contribution in [3.63, 3.8) is 0 Å². The van der Waals surface area contributed by atoms with E-state index in [0.717, 1.165) is 30.1 Å². The summed E-state index contributed by atoms with van der Waals surface area (Å²) in [7, 11) is 2.21. The Morgan fingerprint density at radius 3 is 2.63 bits per heavy atom. The van der Waals surface area contributed by atoms with Gasteiger partial charge in [-0.05, 0) is 69.4 Å². The molecule has 0 spiro atoms. The molecule has 0 amide bonds. The van der Waals surface area contributed by atoms with Gasteiger partial charge in [0.1, 0.15) is 5.75 Å². The Balaban J connectivity index is 1.82. The molecule has 1 unspecified atom stereocenters. The van der Waals surface area contributed by atoms with Gasteiger partial charge in [-0.1, -0.05) is 12.1 Å². The Bertz CT molecular complexity index is 408. The van der Waals surface area contributed by atoms with E-state index in [-0.39, 0.29) is 0 Å². The number of nitrogens with one attached hydrogen (secondary N) is 1. The maximum absolute atomic E-state index is 9.76. The van der Waals surface area contributed by atoms with E-state index in [1.807, 2.05) is 13.8 Å². The number of rotatable bonds is 4. The largest absolute Gasteiger partial charge is 0.507 e. The third-order valence-corrected chi connectivity index (χ3v) is 4.04. The molecule has 3 heteroatoms. The normalized spacial score (nSPS) is 20.7. The Morgan fingerprint density at radius 2 is 2.00 bits per heavy atom. The number of phenols is 1. The van der Waals surface area contributed by atoms with Crippen LogP contribution in [-0.4, -0.2) is 36.7 Å². The average Bonchev–Trinajstić information content (AvgIpc) is 2.36. The molecule has 0 saturated carbocycles. The van der Waals surface area contributed by atoms with Gasteiger partial charge in [-0.2, -0.15) is 0 Å². The van der Waals surface area contributed by atoms with Crippen LogP contribution in [0.25, 0.3) is 0 Å². The number of aryl methyl sites for hydroxylation is 2. The zero-order valence-corrected chi connectivity index (χ0v) is 12.4. The molecular weight excluding hydrogens is 236 g/mol. The predicted octanol–water partition coefficient (Wildman–Crippen LogP) is 2.44. The highest BCUT2D eigenvalue weighted by atomic mass is 16.3. The summed E-state index contributed by atoms with van der Waals surface area (Å²) in [5.41, 5.74) is 3.19. The van der Waals surface area contributed by atoms with Crippen molar-refractivity contribution in [2.45, 2.75) is 33.2 Å². The van der Waals surface area contributed by atoms with Gasteiger partial charge in [-0.25, -0.2) is 0 Å². The van der Waals surface area contributed by atoms with E-state index in [0.29, 0.717) is 5.75 Å². The second kappa shape index (κ2) is 6.40. The minimum absolute atomic E-state index is 0.428. The fourth-order valence-electron chi connectivity index (χ4n) is 3.01. The molecule has 1 aromatic carbocycles. The van der Waals surface area contributed by atoms with Gasteiger partial charge in [-0.3, -0.25) is 0 Å². The lowest BCUT2D eigenvalue weighted by atomic mass is 9.98. The van der Waals surface area contributed by atoms with E-state index in [2.05, 4.69) is 29.4 Å². The molecule has 1 saturated heterocycles. The highest BCUT2D eigenvalue weighted by Gasteiger charge is 2.16. The van der Waals surface area contributed by atoms with Crippen molar-refractivity contribution in [3.05, 3.63) is 28.8 Å². The molecule has 0 bridgehead atoms. The van der Waals surface area contributed by atoms with Crippen molar-refractivity contribution in [1.82, 2.24) is 10.2 Å². The fourth-order valence-corrected chi connectivity index (χ4v) is 3.01. The monoisotopic (exact) mass is 262 g/mol. The minimum atomic E-state index is 0.428. The Kier molecular flexibility index (Phi) is 4.83. The van der Waals surface area contributed by atoms with E-state index in [1.165, 1.54) is 31.5 Å². The Morgan fingerprint density at radius 1 is 1.32 bits per heavy atom. The molecular formula is C16H26N2O. The van der Waals surface area contributed by atoms with Crippen LogP contribution in [0, 0.1) is 19.8 Å². The van der Waals surface area contributed by atoms with Crippen LogP contribution in [0.2, 0.25) is 0 Å². The summed E-state index contributed by atoms with van der Waals surface area (Å²) in [6.45, 7) is 8.35. The number of hydrogen-bond acceptors (Lipinski definition) is 3. The van der Waals surface area contributed by atoms with Crippen molar-refractivity contribution >= 4 is 0 Å². The molecule has 1 aromatic rings. The topological polar surface area (TPSA) is 35.5 Å². The van der Waals surface area contributed by atoms with E-state index >= 15 is 0 Å². The van der Waals surface area contributed by atoms with Gasteiger partial charge < -0.3 is 15.3 Å². The first kappa shape index (κ1) is 14.4. The minimum Gasteiger partial charge on any atom is -0.507 e. The van der Waals surface area contributed by atoms with E-state index in [9.17, 15) is 5.11 Å². The van der Waals surface area contributed by atoms with Gasteiger partial charge in [0.05, 0.1) is 0 Å². The summed E-state index contributed by atoms with van der Waals surface area (Å²) in [6.07, 6.45) is 2.66. The standard InChI is InChI=1S/C16H26N2O/c1-12-7-15(8-13(2)16(12)19)10-17-9-14-5-4-6-18(3)11-14/h7-8,14,17,19H,4-6,9-11H2,1-3H3. The molecule has 0 radical (unpaired) electrons. The molecule has 0 aromatic heterocycles. The maximum atomic E-state index is 9.76. The number of nitrogens with zero attached hydrogens (tertiary/aromatic N) is 1. The van der Waals surface area contributed by atoms with Gasteiger partial charge in [0, 0.05) is 13.1 Å². The van der Waals surface area contributed by atoms with E-state index in [1.54, 1.807) is 0 Å². The molecule has 19 heavy (non-hydrogen) atoms. The van der Waals surface area contributed by atoms with Gasteiger partial charge in [0.2, 0.25) is 0 Å². The Hall–Kier alpha value is -1.06. The Labute approximate surface area is 116 Å². The second-order valence-electron chi connectivity index (χ2n) is 5.98. The van der Waals surface area contributed by atoms with Gasteiger partial charge in [0.15, 0.2) is 0 Å². The number of likely N-dealkylation sites (tertiary alicyclic amines) is 1. The number of piperidine rings is 1. The smallest absolute Gasteiger partial charge is 0.121 e. The molecule has 3 nitrogen and oxygen atoms in total. The van der Waals surface area contributed by atoms with Crippen molar-refractivity contribution in [2.24, 2.45) is 5.92 Å². The molecule has 1 fully saturated rings. The number of phenolic OH excluding ortho intramolecular Hbond substituents is 1. The molecule has 106 valence electrons. The third-order valence-electron chi connectivity index (χ3n) is 4.04. The first-order valence-corrected chi connectivity index (χ1v) is 7.24. The second-order valence-corrected chi connectivity index (χ2v) is 5.98. The third kappa shape index (κ3) is 3.95. The molecule has 2 rings (SSSR count). The average molecular weight is 262 g/mol. The van der Waals surface area contributed by atoms with Crippen LogP contribution < -0.4 is 5.32 Å². The maximum Gasteiger partial charge on any atom is 0.121 e. The van der Waals surface area contributed by atoms with Crippen molar-refractivity contribution in [3.8, 4) is 5.75 Å². The molecule has 2 N–H and O–H groups in total. The fraction of sp³-hybridized carbons (Fsp3) is 0.625. The van der Waals surface area contributed by atoms with Crippen LogP contribution in [0.15, 0.2) is 12.1 Å². The van der Waals surface area contributed by atoms with Crippen molar-refractivity contribution in [2.75, 3.05) is 26.7 Å². The lowest BCUT2D eigenvalue weighted by Gasteiger charge is -2.29. The van der Waals surface area contributed by atoms with E-state index < -0.39 is 0 Å². The van der Waals surface area contributed by atoms with Crippen LogP contribution in [0.1, 0.15) is 29.5 Å². The number of benzene rings is 1. The summed E-state index contributed by atoms with van der Waals surface area (Å²) in [5, 5.41) is 13.3. The summed E-state index contributed by atoms with van der Waals surface area (Å²) in [4.78, 5) is 2.42. The van der Waals surface area contributed by atoms with Crippen LogP contribution >= 0.6 is 0 Å². The van der Waals surface area contributed by atoms with Gasteiger partial charge in [0.25, 0.3) is 0 Å². The highest BCUT2D eigenvalue weighted by Crippen LogP contribution is 2.23. The van der Waals surface area contributed by atoms with Crippen LogP contribution in [0.4, 0.5) is 0 Å². The number of hydrogen-bond donors (Lipinski definition) is 2. The van der Waals surface area contributed by atoms with Crippen LogP contribution in [0.5, 0.6) is 5.75 Å². The van der Waals surface area contributed by atoms with Crippen molar-refractivity contribution < 1.29 is 5.11 Å². The zero-order chi connectivity index (χ0) is 13.8. The highest BCUT2D eigenvalue weighted by molar-refractivity contribution is 5.42. The SMILES string of the molecule is Cc1cc(CNCC2CCCN(C)C2)cc(C)c1O. The van der Waals surface area contributed by atoms with Gasteiger partial charge >= 0.3 is 0 Å². The number of aromatic hydroxyl groups is 1. The van der Waals surface area contributed by atoms with Gasteiger partial charge in [-0.15, -0.1) is 0 Å². The quantitative estimate of drug-likeness (QED) is 0.875. The molecule has 1 aliphatic heterocycles. The van der Waals surface area contributed by atoms with Crippen LogP contribution in [-0.2, 0) is 6.54 Å². The lowest BCUT2D eigenvalue weighted by Crippen LogP contribution is -2.37. The van der Waals surface area contributed by atoms with Crippen LogP contribution in [0.3, 0.4) is 0 Å². The zero-order valence-electron chi connectivity index (χ0n) is 12.4. The summed E-state index contributed by atoms with van der Waals surface area (Å²) >= 11 is 0. The lowest BCUT2D eigenvalue weighted by molar-refractivity contribution is 0.206. The van der Waals surface area contributed by atoms with E-state index in [4.69, 9.17) is 0 Å². The summed E-state index contributed by atoms with van der Waals surface area (Å²) < 4.78 is 0. The molecule has 1 heterocycles. The first-order valence-electron chi connectivity index (χ1n) is 7.24. The first-order chi connectivity index (χ1) is 9.06.